The van der Waals surface area contributed by atoms with Gasteiger partial charge >= 0.3 is 0 Å². The first-order chi connectivity index (χ1) is 8.34. The molecule has 1 fully saturated rings. The van der Waals surface area contributed by atoms with Crippen molar-refractivity contribution in [3.05, 3.63) is 35.9 Å². The molecule has 1 aromatic carbocycles. The molecule has 2 rings (SSSR count). The average molecular weight is 228 g/mol. The summed E-state index contributed by atoms with van der Waals surface area (Å²) in [7, 11) is 2.19. The maximum absolute atomic E-state index is 3.51. The molecule has 0 amide bonds. The molecule has 0 atom stereocenters. The number of hydrogen-bond acceptors (Lipinski definition) is 2. The van der Waals surface area contributed by atoms with E-state index in [1.54, 1.807) is 0 Å². The van der Waals surface area contributed by atoms with Crippen molar-refractivity contribution in [3.8, 4) is 11.8 Å². The summed E-state index contributed by atoms with van der Waals surface area (Å²) in [6.45, 7) is 3.19. The number of nitrogens with zero attached hydrogens (tertiary/aromatic N) is 1. The zero-order chi connectivity index (χ0) is 11.9. The predicted octanol–water partition coefficient (Wildman–Crippen LogP) is 1.72. The third-order valence-electron chi connectivity index (χ3n) is 3.20. The lowest BCUT2D eigenvalue weighted by Gasteiger charge is -2.29. The molecule has 90 valence electrons. The van der Waals surface area contributed by atoms with Crippen LogP contribution in [-0.2, 0) is 0 Å². The molecule has 17 heavy (non-hydrogen) atoms. The van der Waals surface area contributed by atoms with Gasteiger partial charge in [-0.25, -0.2) is 0 Å². The summed E-state index contributed by atoms with van der Waals surface area (Å²) in [6.07, 6.45) is 2.48. The highest BCUT2D eigenvalue weighted by atomic mass is 15.1. The van der Waals surface area contributed by atoms with Crippen molar-refractivity contribution < 1.29 is 0 Å². The summed E-state index contributed by atoms with van der Waals surface area (Å²) in [4.78, 5) is 2.38. The van der Waals surface area contributed by atoms with E-state index in [1.165, 1.54) is 25.9 Å². The third kappa shape index (κ3) is 4.22. The van der Waals surface area contributed by atoms with E-state index >= 15 is 0 Å². The second kappa shape index (κ2) is 6.44. The Kier molecular flexibility index (Phi) is 4.61. The highest BCUT2D eigenvalue weighted by Crippen LogP contribution is 2.07. The van der Waals surface area contributed by atoms with Crippen LogP contribution in [0, 0.1) is 11.8 Å². The Hall–Kier alpha value is -1.30. The molecule has 0 spiro atoms. The van der Waals surface area contributed by atoms with Crippen LogP contribution in [0.5, 0.6) is 0 Å². The molecule has 1 saturated heterocycles. The Balaban J connectivity index is 1.71. The molecule has 0 aromatic heterocycles. The van der Waals surface area contributed by atoms with Crippen molar-refractivity contribution in [2.75, 3.05) is 26.7 Å². The third-order valence-corrected chi connectivity index (χ3v) is 3.20. The van der Waals surface area contributed by atoms with Crippen molar-refractivity contribution >= 4 is 0 Å². The summed E-state index contributed by atoms with van der Waals surface area (Å²) in [5.41, 5.74) is 1.10. The summed E-state index contributed by atoms with van der Waals surface area (Å²) in [6, 6.07) is 10.8. The summed E-state index contributed by atoms with van der Waals surface area (Å²) in [5, 5.41) is 3.51. The van der Waals surface area contributed by atoms with Crippen molar-refractivity contribution in [2.45, 2.75) is 18.9 Å². The number of rotatable bonds is 2. The van der Waals surface area contributed by atoms with Gasteiger partial charge in [-0.3, -0.25) is 0 Å². The number of piperidine rings is 1. The average Bonchev–Trinajstić information content (AvgIpc) is 2.38. The maximum Gasteiger partial charge on any atom is 0.0582 e. The molecule has 1 aliphatic heterocycles. The molecule has 1 N–H and O–H groups in total. The van der Waals surface area contributed by atoms with Crippen LogP contribution in [0.4, 0.5) is 0 Å². The van der Waals surface area contributed by atoms with Crippen molar-refractivity contribution in [2.24, 2.45) is 0 Å². The van der Waals surface area contributed by atoms with Gasteiger partial charge in [0.05, 0.1) is 6.54 Å². The second-order valence-electron chi connectivity index (χ2n) is 4.63. The van der Waals surface area contributed by atoms with Crippen LogP contribution in [0.25, 0.3) is 0 Å². The smallest absolute Gasteiger partial charge is 0.0582 e. The van der Waals surface area contributed by atoms with Gasteiger partial charge in [-0.15, -0.1) is 0 Å². The van der Waals surface area contributed by atoms with Crippen LogP contribution < -0.4 is 5.32 Å². The van der Waals surface area contributed by atoms with Gasteiger partial charge in [-0.2, -0.15) is 0 Å². The van der Waals surface area contributed by atoms with E-state index in [2.05, 4.69) is 29.1 Å². The molecule has 1 heterocycles. The van der Waals surface area contributed by atoms with Gasteiger partial charge < -0.3 is 10.2 Å². The van der Waals surface area contributed by atoms with Crippen LogP contribution in [0.2, 0.25) is 0 Å². The lowest BCUT2D eigenvalue weighted by molar-refractivity contribution is 0.238. The standard InChI is InChI=1S/C15H20N2/c1-17-12-9-15(10-13-17)16-11-5-8-14-6-3-2-4-7-14/h2-4,6-7,15-16H,9-13H2,1H3. The number of nitrogens with one attached hydrogen (secondary N) is 1. The zero-order valence-electron chi connectivity index (χ0n) is 10.4. The first-order valence-corrected chi connectivity index (χ1v) is 6.30. The monoisotopic (exact) mass is 228 g/mol. The van der Waals surface area contributed by atoms with Crippen LogP contribution in [0.15, 0.2) is 30.3 Å². The summed E-state index contributed by atoms with van der Waals surface area (Å²) >= 11 is 0. The molecule has 0 aliphatic carbocycles. The van der Waals surface area contributed by atoms with Crippen LogP contribution in [-0.4, -0.2) is 37.6 Å². The fourth-order valence-electron chi connectivity index (χ4n) is 2.08. The van der Waals surface area contributed by atoms with E-state index in [9.17, 15) is 0 Å². The SMILES string of the molecule is CN1CCC(NCC#Cc2ccccc2)CC1. The van der Waals surface area contributed by atoms with Crippen LogP contribution >= 0.6 is 0 Å². The minimum atomic E-state index is 0.649. The quantitative estimate of drug-likeness (QED) is 0.775. The number of likely N-dealkylation sites (tertiary alicyclic amines) is 1. The Morgan fingerprint density at radius 1 is 1.24 bits per heavy atom. The van der Waals surface area contributed by atoms with Crippen LogP contribution in [0.3, 0.4) is 0 Å². The van der Waals surface area contributed by atoms with Crippen molar-refractivity contribution in [1.82, 2.24) is 10.2 Å². The van der Waals surface area contributed by atoms with E-state index in [0.717, 1.165) is 12.1 Å². The lowest BCUT2D eigenvalue weighted by Crippen LogP contribution is -2.40. The van der Waals surface area contributed by atoms with Gasteiger partial charge in [0.25, 0.3) is 0 Å². The molecule has 2 heteroatoms. The van der Waals surface area contributed by atoms with Gasteiger partial charge in [0.2, 0.25) is 0 Å². The molecule has 2 nitrogen and oxygen atoms in total. The topological polar surface area (TPSA) is 15.3 Å². The van der Waals surface area contributed by atoms with Gasteiger partial charge in [0.1, 0.15) is 0 Å². The first-order valence-electron chi connectivity index (χ1n) is 6.30. The molecule has 0 radical (unpaired) electrons. The molecular weight excluding hydrogens is 208 g/mol. The van der Waals surface area contributed by atoms with Crippen molar-refractivity contribution in [3.63, 3.8) is 0 Å². The summed E-state index contributed by atoms with van der Waals surface area (Å²) < 4.78 is 0. The van der Waals surface area contributed by atoms with Gasteiger partial charge in [0, 0.05) is 11.6 Å². The van der Waals surface area contributed by atoms with Gasteiger partial charge in [-0.1, -0.05) is 30.0 Å². The van der Waals surface area contributed by atoms with E-state index < -0.39 is 0 Å². The largest absolute Gasteiger partial charge is 0.306 e. The van der Waals surface area contributed by atoms with E-state index in [1.807, 2.05) is 30.3 Å². The van der Waals surface area contributed by atoms with Gasteiger partial charge in [-0.05, 0) is 45.1 Å². The summed E-state index contributed by atoms with van der Waals surface area (Å²) in [5.74, 6) is 6.36. The second-order valence-corrected chi connectivity index (χ2v) is 4.63. The van der Waals surface area contributed by atoms with Crippen molar-refractivity contribution in [1.29, 1.82) is 0 Å². The fourth-order valence-corrected chi connectivity index (χ4v) is 2.08. The minimum absolute atomic E-state index is 0.649. The van der Waals surface area contributed by atoms with Gasteiger partial charge in [0.15, 0.2) is 0 Å². The normalized spacial score (nSPS) is 17.5. The Bertz CT molecular complexity index is 380. The fraction of sp³-hybridized carbons (Fsp3) is 0.467. The first kappa shape index (κ1) is 12.2. The molecule has 0 saturated carbocycles. The Labute approximate surface area is 104 Å². The minimum Gasteiger partial charge on any atom is -0.306 e. The van der Waals surface area contributed by atoms with E-state index in [-0.39, 0.29) is 0 Å². The maximum atomic E-state index is 3.51. The van der Waals surface area contributed by atoms with E-state index in [0.29, 0.717) is 6.04 Å². The Morgan fingerprint density at radius 2 is 1.94 bits per heavy atom. The Morgan fingerprint density at radius 3 is 2.65 bits per heavy atom. The highest BCUT2D eigenvalue weighted by molar-refractivity contribution is 5.33. The van der Waals surface area contributed by atoms with Crippen LogP contribution in [0.1, 0.15) is 18.4 Å². The van der Waals surface area contributed by atoms with E-state index in [4.69, 9.17) is 0 Å². The predicted molar refractivity (Wildman–Crippen MR) is 71.8 cm³/mol. The molecule has 1 aliphatic rings. The number of hydrogen-bond donors (Lipinski definition) is 1. The molecular formula is C15H20N2. The highest BCUT2D eigenvalue weighted by Gasteiger charge is 2.14. The molecule has 1 aromatic rings. The zero-order valence-corrected chi connectivity index (χ0v) is 10.4. The lowest BCUT2D eigenvalue weighted by atomic mass is 10.1. The number of benzene rings is 1. The molecule has 0 unspecified atom stereocenters. The molecule has 0 bridgehead atoms.